The average molecular weight is 117 g/mol. The van der Waals surface area contributed by atoms with Gasteiger partial charge in [-0.25, -0.2) is 10.9 Å². The third-order valence-electron chi connectivity index (χ3n) is 0.905. The van der Waals surface area contributed by atoms with Crippen LogP contribution in [0.5, 0.6) is 0 Å². The van der Waals surface area contributed by atoms with Crippen LogP contribution in [0.3, 0.4) is 0 Å². The quantitative estimate of drug-likeness (QED) is 0.254. The number of hydrogen-bond acceptors (Lipinski definition) is 5. The van der Waals surface area contributed by atoms with Crippen molar-refractivity contribution in [3.8, 4) is 0 Å². The third kappa shape index (κ3) is 2.20. The molecule has 0 aromatic carbocycles. The molecule has 0 bridgehead atoms. The van der Waals surface area contributed by atoms with Gasteiger partial charge in [0.1, 0.15) is 0 Å². The molecule has 1 aliphatic heterocycles. The summed E-state index contributed by atoms with van der Waals surface area (Å²) in [6, 6.07) is 0. The molecule has 8 heavy (non-hydrogen) atoms. The lowest BCUT2D eigenvalue weighted by molar-refractivity contribution is 0.297. The zero-order chi connectivity index (χ0) is 5.66. The van der Waals surface area contributed by atoms with E-state index in [1.165, 1.54) is 0 Å². The predicted molar refractivity (Wildman–Crippen MR) is 30.0 cm³/mol. The van der Waals surface area contributed by atoms with Crippen LogP contribution in [-0.4, -0.2) is 13.1 Å². The fraction of sp³-hybridized carbons (Fsp3) is 1.00. The van der Waals surface area contributed by atoms with Gasteiger partial charge in [-0.15, -0.1) is 0 Å². The van der Waals surface area contributed by atoms with Crippen molar-refractivity contribution in [1.82, 2.24) is 27.5 Å². The first-order chi connectivity index (χ1) is 4.00. The molecule has 0 aliphatic carbocycles. The molecule has 0 aromatic rings. The van der Waals surface area contributed by atoms with Crippen molar-refractivity contribution in [2.45, 2.75) is 6.42 Å². The van der Waals surface area contributed by atoms with Crippen molar-refractivity contribution >= 4 is 0 Å². The zero-order valence-corrected chi connectivity index (χ0v) is 4.62. The predicted octanol–water partition coefficient (Wildman–Crippen LogP) is -2.00. The molecule has 1 saturated heterocycles. The standard InChI is InChI=1S/C3H11N5/c1-2-4-6-8-7-5-3-1/h4-8H,1-3H2. The first-order valence-corrected chi connectivity index (χ1v) is 2.71. The highest BCUT2D eigenvalue weighted by Crippen LogP contribution is 1.68. The molecule has 0 radical (unpaired) electrons. The van der Waals surface area contributed by atoms with Crippen molar-refractivity contribution in [2.24, 2.45) is 0 Å². The van der Waals surface area contributed by atoms with Crippen molar-refractivity contribution in [3.63, 3.8) is 0 Å². The normalized spacial score (nSPS) is 24.0. The van der Waals surface area contributed by atoms with E-state index in [0.717, 1.165) is 19.5 Å². The van der Waals surface area contributed by atoms with Gasteiger partial charge in [-0.2, -0.15) is 16.6 Å². The van der Waals surface area contributed by atoms with E-state index in [4.69, 9.17) is 0 Å². The Balaban J connectivity index is 2.00. The molecule has 1 rings (SSSR count). The largest absolute Gasteiger partial charge is 0.243 e. The number of rotatable bonds is 0. The second kappa shape index (κ2) is 3.76. The Labute approximate surface area is 48.1 Å². The smallest absolute Gasteiger partial charge is 0.0126 e. The Bertz CT molecular complexity index is 31.6. The first-order valence-electron chi connectivity index (χ1n) is 2.71. The number of hydrazine groups is 4. The Morgan fingerprint density at radius 3 is 2.00 bits per heavy atom. The Morgan fingerprint density at radius 2 is 1.38 bits per heavy atom. The third-order valence-corrected chi connectivity index (χ3v) is 0.905. The molecule has 5 N–H and O–H groups in total. The summed E-state index contributed by atoms with van der Waals surface area (Å²) in [4.78, 5) is 0. The number of nitrogens with one attached hydrogen (secondary N) is 5. The lowest BCUT2D eigenvalue weighted by Gasteiger charge is -2.14. The maximum absolute atomic E-state index is 2.92. The summed E-state index contributed by atoms with van der Waals surface area (Å²) in [6.45, 7) is 1.95. The van der Waals surface area contributed by atoms with Crippen LogP contribution in [0.4, 0.5) is 0 Å². The van der Waals surface area contributed by atoms with Crippen molar-refractivity contribution < 1.29 is 0 Å². The summed E-state index contributed by atoms with van der Waals surface area (Å²) in [6.07, 6.45) is 1.11. The minimum absolute atomic E-state index is 0.974. The minimum atomic E-state index is 0.974. The highest BCUT2D eigenvalue weighted by Gasteiger charge is 1.89. The van der Waals surface area contributed by atoms with Gasteiger partial charge < -0.3 is 0 Å². The molecule has 1 heterocycles. The van der Waals surface area contributed by atoms with Gasteiger partial charge >= 0.3 is 0 Å². The van der Waals surface area contributed by atoms with E-state index in [1.54, 1.807) is 0 Å². The highest BCUT2D eigenvalue weighted by atomic mass is 15.8. The van der Waals surface area contributed by atoms with Crippen molar-refractivity contribution in [2.75, 3.05) is 13.1 Å². The molecule has 0 amide bonds. The molecular weight excluding hydrogens is 106 g/mol. The molecule has 0 saturated carbocycles. The second-order valence-electron chi connectivity index (χ2n) is 1.58. The van der Waals surface area contributed by atoms with Crippen molar-refractivity contribution in [1.29, 1.82) is 0 Å². The van der Waals surface area contributed by atoms with Crippen LogP contribution in [0, 0.1) is 0 Å². The summed E-state index contributed by atoms with van der Waals surface area (Å²) in [5.74, 6) is 0. The lowest BCUT2D eigenvalue weighted by atomic mass is 10.4. The molecule has 1 fully saturated rings. The van der Waals surface area contributed by atoms with Gasteiger partial charge in [0.25, 0.3) is 0 Å². The molecule has 5 nitrogen and oxygen atoms in total. The van der Waals surface area contributed by atoms with E-state index in [9.17, 15) is 0 Å². The minimum Gasteiger partial charge on any atom is -0.243 e. The molecule has 1 aliphatic rings. The molecule has 0 atom stereocenters. The van der Waals surface area contributed by atoms with Crippen LogP contribution in [0.2, 0.25) is 0 Å². The summed E-state index contributed by atoms with van der Waals surface area (Å²) >= 11 is 0. The summed E-state index contributed by atoms with van der Waals surface area (Å²) in [5, 5.41) is 0. The van der Waals surface area contributed by atoms with Crippen molar-refractivity contribution in [3.05, 3.63) is 0 Å². The first kappa shape index (κ1) is 5.93. The van der Waals surface area contributed by atoms with E-state index in [0.29, 0.717) is 0 Å². The summed E-state index contributed by atoms with van der Waals surface area (Å²) < 4.78 is 0. The van der Waals surface area contributed by atoms with E-state index < -0.39 is 0 Å². The molecule has 48 valence electrons. The molecule has 0 aromatic heterocycles. The Kier molecular flexibility index (Phi) is 2.79. The van der Waals surface area contributed by atoms with Gasteiger partial charge in [-0.05, 0) is 6.42 Å². The lowest BCUT2D eigenvalue weighted by Crippen LogP contribution is -2.58. The van der Waals surface area contributed by atoms with Crippen LogP contribution >= 0.6 is 0 Å². The average Bonchev–Trinajstić information content (AvgIpc) is 1.62. The zero-order valence-electron chi connectivity index (χ0n) is 4.62. The monoisotopic (exact) mass is 117 g/mol. The topological polar surface area (TPSA) is 60.1 Å². The second-order valence-corrected chi connectivity index (χ2v) is 1.58. The van der Waals surface area contributed by atoms with Crippen LogP contribution in [0.25, 0.3) is 0 Å². The van der Waals surface area contributed by atoms with Crippen LogP contribution < -0.4 is 27.5 Å². The van der Waals surface area contributed by atoms with Gasteiger partial charge in [0.15, 0.2) is 0 Å². The maximum Gasteiger partial charge on any atom is 0.0126 e. The maximum atomic E-state index is 2.92. The van der Waals surface area contributed by atoms with Gasteiger partial charge in [-0.3, -0.25) is 0 Å². The van der Waals surface area contributed by atoms with Gasteiger partial charge in [-0.1, -0.05) is 0 Å². The van der Waals surface area contributed by atoms with E-state index in [2.05, 4.69) is 27.5 Å². The van der Waals surface area contributed by atoms with Gasteiger partial charge in [0.05, 0.1) is 0 Å². The van der Waals surface area contributed by atoms with Gasteiger partial charge in [0, 0.05) is 13.1 Å². The SMILES string of the molecule is C1CNNNNNC1. The fourth-order valence-corrected chi connectivity index (χ4v) is 0.510. The van der Waals surface area contributed by atoms with Crippen LogP contribution in [0.1, 0.15) is 6.42 Å². The fourth-order valence-electron chi connectivity index (χ4n) is 0.510. The summed E-state index contributed by atoms with van der Waals surface area (Å²) in [5.41, 5.74) is 13.9. The molecular formula is C3H11N5. The molecule has 0 unspecified atom stereocenters. The molecule has 0 spiro atoms. The number of hydrogen-bond donors (Lipinski definition) is 5. The van der Waals surface area contributed by atoms with E-state index in [-0.39, 0.29) is 0 Å². The molecule has 5 heteroatoms. The van der Waals surface area contributed by atoms with E-state index >= 15 is 0 Å². The van der Waals surface area contributed by atoms with Crippen LogP contribution in [0.15, 0.2) is 0 Å². The van der Waals surface area contributed by atoms with E-state index in [1.807, 2.05) is 0 Å². The van der Waals surface area contributed by atoms with Crippen LogP contribution in [-0.2, 0) is 0 Å². The van der Waals surface area contributed by atoms with Gasteiger partial charge in [0.2, 0.25) is 0 Å². The Morgan fingerprint density at radius 1 is 0.750 bits per heavy atom. The Hall–Kier alpha value is -0.200. The summed E-state index contributed by atoms with van der Waals surface area (Å²) in [7, 11) is 0. The highest BCUT2D eigenvalue weighted by molar-refractivity contribution is 4.44.